The highest BCUT2D eigenvalue weighted by Gasteiger charge is 2.14. The van der Waals surface area contributed by atoms with Gasteiger partial charge in [0.25, 0.3) is 0 Å². The van der Waals surface area contributed by atoms with Crippen LogP contribution >= 0.6 is 23.5 Å². The molecule has 0 saturated carbocycles. The fourth-order valence-corrected chi connectivity index (χ4v) is 4.06. The molecule has 1 saturated heterocycles. The van der Waals surface area contributed by atoms with E-state index in [4.69, 9.17) is 0 Å². The number of thioether (sulfide) groups is 2. The third-order valence-corrected chi connectivity index (χ3v) is 5.14. The summed E-state index contributed by atoms with van der Waals surface area (Å²) in [4.78, 5) is 0. The summed E-state index contributed by atoms with van der Waals surface area (Å²) in [6.45, 7) is 3.72. The van der Waals surface area contributed by atoms with Crippen molar-refractivity contribution < 1.29 is 4.63 Å². The van der Waals surface area contributed by atoms with E-state index in [1.54, 1.807) is 0 Å². The van der Waals surface area contributed by atoms with Crippen LogP contribution in [0.25, 0.3) is 0 Å². The van der Waals surface area contributed by atoms with Crippen molar-refractivity contribution in [1.29, 1.82) is 0 Å². The third-order valence-electron chi connectivity index (χ3n) is 2.30. The van der Waals surface area contributed by atoms with Gasteiger partial charge in [-0.1, -0.05) is 10.3 Å². The van der Waals surface area contributed by atoms with Gasteiger partial charge in [-0.2, -0.15) is 23.5 Å². The molecule has 1 aromatic heterocycles. The van der Waals surface area contributed by atoms with Crippen molar-refractivity contribution in [3.63, 3.8) is 0 Å². The average Bonchev–Trinajstić information content (AvgIpc) is 2.66. The molecule has 1 aliphatic heterocycles. The molecule has 0 radical (unpaired) electrons. The highest BCUT2D eigenvalue weighted by atomic mass is 32.2. The second-order valence-electron chi connectivity index (χ2n) is 3.49. The van der Waals surface area contributed by atoms with Crippen LogP contribution in [-0.4, -0.2) is 39.4 Å². The minimum absolute atomic E-state index is 0.740. The number of rotatable bonds is 4. The smallest absolute Gasteiger partial charge is 0.121 e. The van der Waals surface area contributed by atoms with Gasteiger partial charge in [0.1, 0.15) is 11.4 Å². The van der Waals surface area contributed by atoms with Crippen LogP contribution in [0, 0.1) is 6.92 Å². The molecule has 1 aliphatic rings. The van der Waals surface area contributed by atoms with Crippen molar-refractivity contribution >= 4 is 23.5 Å². The molecule has 15 heavy (non-hydrogen) atoms. The van der Waals surface area contributed by atoms with Gasteiger partial charge in [-0.3, -0.25) is 0 Å². The van der Waals surface area contributed by atoms with Crippen molar-refractivity contribution in [2.75, 3.05) is 23.8 Å². The highest BCUT2D eigenvalue weighted by molar-refractivity contribution is 8.06. The number of hydrogen-bond donors (Lipinski definition) is 1. The molecular formula is C9H15N3OS2. The zero-order valence-corrected chi connectivity index (χ0v) is 10.4. The molecule has 1 unspecified atom stereocenters. The Morgan fingerprint density at radius 1 is 1.47 bits per heavy atom. The molecule has 1 aromatic rings. The lowest BCUT2D eigenvalue weighted by atomic mass is 10.3. The van der Waals surface area contributed by atoms with E-state index in [-0.39, 0.29) is 0 Å². The van der Waals surface area contributed by atoms with Gasteiger partial charge in [0.2, 0.25) is 0 Å². The van der Waals surface area contributed by atoms with Gasteiger partial charge in [0, 0.05) is 35.6 Å². The summed E-state index contributed by atoms with van der Waals surface area (Å²) in [5, 5.41) is 11.7. The van der Waals surface area contributed by atoms with Gasteiger partial charge >= 0.3 is 0 Å². The normalized spacial score (nSPS) is 21.8. The zero-order chi connectivity index (χ0) is 10.5. The quantitative estimate of drug-likeness (QED) is 0.863. The number of hydrogen-bond acceptors (Lipinski definition) is 6. The van der Waals surface area contributed by atoms with Crippen molar-refractivity contribution in [3.05, 3.63) is 11.4 Å². The molecule has 0 bridgehead atoms. The second kappa shape index (κ2) is 5.77. The molecule has 0 aliphatic carbocycles. The predicted molar refractivity (Wildman–Crippen MR) is 64.3 cm³/mol. The first-order chi connectivity index (χ1) is 7.36. The number of aromatic nitrogens is 2. The molecule has 84 valence electrons. The van der Waals surface area contributed by atoms with Crippen molar-refractivity contribution in [1.82, 2.24) is 15.6 Å². The van der Waals surface area contributed by atoms with E-state index < -0.39 is 0 Å². The standard InChI is InChI=1S/C9H15N3OS2/c1-7-9(12-13-11-7)5-10-4-8-6-14-2-3-15-8/h8,10H,2-6H2,1H3. The Bertz CT molecular complexity index is 299. The van der Waals surface area contributed by atoms with Gasteiger partial charge in [-0.05, 0) is 6.92 Å². The van der Waals surface area contributed by atoms with Crippen LogP contribution in [0.5, 0.6) is 0 Å². The maximum absolute atomic E-state index is 4.64. The van der Waals surface area contributed by atoms with Crippen LogP contribution in [0.2, 0.25) is 0 Å². The highest BCUT2D eigenvalue weighted by Crippen LogP contribution is 2.23. The van der Waals surface area contributed by atoms with Crippen LogP contribution < -0.4 is 5.32 Å². The van der Waals surface area contributed by atoms with Crippen molar-refractivity contribution in [2.45, 2.75) is 18.7 Å². The predicted octanol–water partition coefficient (Wildman–Crippen LogP) is 1.32. The van der Waals surface area contributed by atoms with E-state index in [9.17, 15) is 0 Å². The molecule has 1 N–H and O–H groups in total. The van der Waals surface area contributed by atoms with Gasteiger partial charge in [0.05, 0.1) is 0 Å². The van der Waals surface area contributed by atoms with Gasteiger partial charge in [-0.15, -0.1) is 0 Å². The summed E-state index contributed by atoms with van der Waals surface area (Å²) in [6, 6.07) is 0. The summed E-state index contributed by atoms with van der Waals surface area (Å²) < 4.78 is 4.64. The lowest BCUT2D eigenvalue weighted by molar-refractivity contribution is 0.300. The maximum Gasteiger partial charge on any atom is 0.121 e. The lowest BCUT2D eigenvalue weighted by Gasteiger charge is -2.20. The largest absolute Gasteiger partial charge is 0.310 e. The Morgan fingerprint density at radius 2 is 2.40 bits per heavy atom. The molecule has 6 heteroatoms. The van der Waals surface area contributed by atoms with E-state index in [1.807, 2.05) is 18.7 Å². The van der Waals surface area contributed by atoms with E-state index >= 15 is 0 Å². The van der Waals surface area contributed by atoms with Crippen LogP contribution in [0.15, 0.2) is 4.63 Å². The van der Waals surface area contributed by atoms with Gasteiger partial charge < -0.3 is 5.32 Å². The summed E-state index contributed by atoms with van der Waals surface area (Å²) >= 11 is 4.11. The first-order valence-electron chi connectivity index (χ1n) is 5.04. The molecule has 1 fully saturated rings. The Balaban J connectivity index is 1.68. The number of nitrogens with one attached hydrogen (secondary N) is 1. The van der Waals surface area contributed by atoms with Crippen LogP contribution in [0.1, 0.15) is 11.4 Å². The Morgan fingerprint density at radius 3 is 3.07 bits per heavy atom. The van der Waals surface area contributed by atoms with Crippen LogP contribution in [-0.2, 0) is 6.54 Å². The molecular weight excluding hydrogens is 230 g/mol. The third kappa shape index (κ3) is 3.39. The average molecular weight is 245 g/mol. The first kappa shape index (κ1) is 11.3. The maximum atomic E-state index is 4.64. The lowest BCUT2D eigenvalue weighted by Crippen LogP contribution is -2.28. The minimum atomic E-state index is 0.740. The molecule has 2 heterocycles. The SMILES string of the molecule is Cc1nonc1CNCC1CSCCS1. The molecule has 4 nitrogen and oxygen atoms in total. The first-order valence-corrected chi connectivity index (χ1v) is 7.24. The number of nitrogens with zero attached hydrogens (tertiary/aromatic N) is 2. The van der Waals surface area contributed by atoms with Crippen molar-refractivity contribution in [2.24, 2.45) is 0 Å². The topological polar surface area (TPSA) is 51.0 Å². The van der Waals surface area contributed by atoms with E-state index in [0.29, 0.717) is 0 Å². The zero-order valence-electron chi connectivity index (χ0n) is 8.73. The van der Waals surface area contributed by atoms with Crippen LogP contribution in [0.3, 0.4) is 0 Å². The number of aryl methyl sites for hydroxylation is 1. The minimum Gasteiger partial charge on any atom is -0.310 e. The summed E-state index contributed by atoms with van der Waals surface area (Å²) in [5.41, 5.74) is 1.80. The molecule has 0 amide bonds. The summed E-state index contributed by atoms with van der Waals surface area (Å²) in [5.74, 6) is 3.84. The Kier molecular flexibility index (Phi) is 4.34. The Labute approximate surface area is 97.9 Å². The van der Waals surface area contributed by atoms with Gasteiger partial charge in [0.15, 0.2) is 0 Å². The van der Waals surface area contributed by atoms with Crippen LogP contribution in [0.4, 0.5) is 0 Å². The Hall–Kier alpha value is -0.200. The molecule has 0 spiro atoms. The second-order valence-corrected chi connectivity index (χ2v) is 6.05. The summed E-state index contributed by atoms with van der Waals surface area (Å²) in [7, 11) is 0. The van der Waals surface area contributed by atoms with Crippen molar-refractivity contribution in [3.8, 4) is 0 Å². The molecule has 2 rings (SSSR count). The van der Waals surface area contributed by atoms with E-state index in [0.717, 1.165) is 29.7 Å². The van der Waals surface area contributed by atoms with E-state index in [1.165, 1.54) is 17.3 Å². The molecule has 1 atom stereocenters. The monoisotopic (exact) mass is 245 g/mol. The fourth-order valence-electron chi connectivity index (χ4n) is 1.42. The van der Waals surface area contributed by atoms with E-state index in [2.05, 4.69) is 32.0 Å². The fraction of sp³-hybridized carbons (Fsp3) is 0.778. The van der Waals surface area contributed by atoms with Gasteiger partial charge in [-0.25, -0.2) is 4.63 Å². The molecule has 0 aromatic carbocycles. The summed E-state index contributed by atoms with van der Waals surface area (Å²) in [6.07, 6.45) is 0.